The van der Waals surface area contributed by atoms with Crippen LogP contribution in [0.25, 0.3) is 0 Å². The first-order chi connectivity index (χ1) is 20.9. The van der Waals surface area contributed by atoms with E-state index in [2.05, 4.69) is 47.7 Å². The van der Waals surface area contributed by atoms with Crippen LogP contribution in [-0.2, 0) is 15.3 Å². The van der Waals surface area contributed by atoms with Gasteiger partial charge in [0.2, 0.25) is 0 Å². The number of aliphatic imine (C=N–C) groups is 2. The number of nitrogens with zero attached hydrogens (tertiary/aromatic N) is 3. The lowest BCUT2D eigenvalue weighted by atomic mass is 10.0. The van der Waals surface area contributed by atoms with Gasteiger partial charge < -0.3 is 15.3 Å². The summed E-state index contributed by atoms with van der Waals surface area (Å²) >= 11 is 7.89. The van der Waals surface area contributed by atoms with Crippen LogP contribution in [0.1, 0.15) is 57.6 Å². The van der Waals surface area contributed by atoms with Crippen LogP contribution in [0.4, 0.5) is 5.69 Å². The molecule has 0 unspecified atom stereocenters. The highest BCUT2D eigenvalue weighted by atomic mass is 35.5. The molecule has 1 aliphatic rings. The van der Waals surface area contributed by atoms with E-state index in [1.165, 1.54) is 11.3 Å². The highest BCUT2D eigenvalue weighted by Gasteiger charge is 2.14. The number of carboxylic acid groups (broad SMARTS) is 1. The molecule has 232 valence electrons. The number of carbonyl (C=O) groups is 2. The van der Waals surface area contributed by atoms with Crippen LogP contribution in [0.5, 0.6) is 0 Å². The lowest BCUT2D eigenvalue weighted by molar-refractivity contribution is -0.137. The van der Waals surface area contributed by atoms with Crippen LogP contribution in [-0.4, -0.2) is 67.4 Å². The Morgan fingerprint density at radius 1 is 1.05 bits per heavy atom. The minimum absolute atomic E-state index is 0.117. The average Bonchev–Trinajstić information content (AvgIpc) is 3.02. The topological polar surface area (TPSA) is 94.4 Å². The van der Waals surface area contributed by atoms with E-state index < -0.39 is 5.97 Å². The molecule has 0 saturated carbocycles. The maximum Gasteiger partial charge on any atom is 0.303 e. The van der Waals surface area contributed by atoms with Gasteiger partial charge in [-0.05, 0) is 56.2 Å². The first kappa shape index (κ1) is 35.8. The Hall–Kier alpha value is -3.36. The van der Waals surface area contributed by atoms with Crippen LogP contribution in [0, 0.1) is 0 Å². The normalized spacial score (nSPS) is 15.0. The number of rotatable bonds is 14. The summed E-state index contributed by atoms with van der Waals surface area (Å²) < 4.78 is 0. The van der Waals surface area contributed by atoms with Crippen molar-refractivity contribution in [1.29, 1.82) is 0 Å². The number of halogens is 1. The molecule has 2 aromatic rings. The van der Waals surface area contributed by atoms with Gasteiger partial charge in [0.05, 0.1) is 24.5 Å². The molecule has 0 aliphatic carbocycles. The number of hydrogen-bond acceptors (Lipinski definition) is 6. The summed E-state index contributed by atoms with van der Waals surface area (Å²) in [5.41, 5.74) is 5.52. The number of aliphatic carboxylic acids is 1. The second-order valence-corrected chi connectivity index (χ2v) is 10.8. The molecule has 0 bridgehead atoms. The predicted octanol–water partition coefficient (Wildman–Crippen LogP) is 7.24. The Bertz CT molecular complexity index is 1290. The molecule has 0 fully saturated rings. The monoisotopic (exact) mass is 624 g/mol. The summed E-state index contributed by atoms with van der Waals surface area (Å²) in [5, 5.41) is 12.7. The molecule has 1 amide bonds. The van der Waals surface area contributed by atoms with Gasteiger partial charge in [-0.25, -0.2) is 0 Å². The third kappa shape index (κ3) is 12.4. The van der Waals surface area contributed by atoms with Crippen molar-refractivity contribution in [3.63, 3.8) is 0 Å². The summed E-state index contributed by atoms with van der Waals surface area (Å²) in [7, 11) is 0. The van der Waals surface area contributed by atoms with E-state index in [0.29, 0.717) is 56.0 Å². The zero-order valence-corrected chi connectivity index (χ0v) is 27.4. The van der Waals surface area contributed by atoms with Gasteiger partial charge in [0, 0.05) is 53.7 Å². The lowest BCUT2D eigenvalue weighted by Crippen LogP contribution is -2.35. The molecule has 0 radical (unpaired) electrons. The van der Waals surface area contributed by atoms with Crippen molar-refractivity contribution >= 4 is 52.4 Å². The Morgan fingerprint density at radius 3 is 2.49 bits per heavy atom. The molecule has 2 N–H and O–H groups in total. The van der Waals surface area contributed by atoms with Gasteiger partial charge in [0.1, 0.15) is 0 Å². The number of nitrogens with one attached hydrogen (secondary N) is 1. The fourth-order valence-electron chi connectivity index (χ4n) is 4.56. The molecule has 43 heavy (non-hydrogen) atoms. The van der Waals surface area contributed by atoms with E-state index in [0.717, 1.165) is 29.3 Å². The maximum absolute atomic E-state index is 13.1. The SMILES string of the molecule is CC.CCN(CCNC(=O)C1=C/CN=C(CCCCC(=O)O)C(c2ccc(Cl)cc2)=NC/C=C\1)c1ccccc1CSC. The van der Waals surface area contributed by atoms with Crippen LogP contribution >= 0.6 is 23.4 Å². The number of unbranched alkanes of at least 4 members (excludes halogenated alkanes) is 1. The van der Waals surface area contributed by atoms with E-state index in [4.69, 9.17) is 26.7 Å². The first-order valence-corrected chi connectivity index (χ1v) is 16.7. The zero-order valence-electron chi connectivity index (χ0n) is 25.8. The van der Waals surface area contributed by atoms with Gasteiger partial charge in [0.15, 0.2) is 0 Å². The number of carboxylic acids is 1. The summed E-state index contributed by atoms with van der Waals surface area (Å²) in [4.78, 5) is 36.0. The number of thioether (sulfide) groups is 1. The molecular formula is C34H45ClN4O3S. The third-order valence-corrected chi connectivity index (χ3v) is 7.49. The number of hydrogen-bond donors (Lipinski definition) is 2. The molecule has 0 atom stereocenters. The van der Waals surface area contributed by atoms with Crippen molar-refractivity contribution in [1.82, 2.24) is 5.32 Å². The van der Waals surface area contributed by atoms with Gasteiger partial charge in [-0.1, -0.05) is 74.0 Å². The predicted molar refractivity (Wildman–Crippen MR) is 184 cm³/mol. The maximum atomic E-state index is 13.1. The van der Waals surface area contributed by atoms with Gasteiger partial charge in [-0.3, -0.25) is 19.6 Å². The van der Waals surface area contributed by atoms with Crippen molar-refractivity contribution in [2.45, 2.75) is 52.2 Å². The van der Waals surface area contributed by atoms with Crippen LogP contribution in [0.2, 0.25) is 5.02 Å². The molecule has 0 aromatic heterocycles. The highest BCUT2D eigenvalue weighted by molar-refractivity contribution is 7.97. The van der Waals surface area contributed by atoms with E-state index in [9.17, 15) is 9.59 Å². The van der Waals surface area contributed by atoms with Gasteiger partial charge in [-0.15, -0.1) is 0 Å². The van der Waals surface area contributed by atoms with Gasteiger partial charge in [0.25, 0.3) is 5.91 Å². The molecule has 0 spiro atoms. The Kier molecular flexibility index (Phi) is 17.1. The Balaban J connectivity index is 0.00000316. The van der Waals surface area contributed by atoms with E-state index in [1.54, 1.807) is 17.8 Å². The molecule has 2 aromatic carbocycles. The lowest BCUT2D eigenvalue weighted by Gasteiger charge is -2.26. The standard InChI is InChI=1S/C32H39ClN4O3S.C2H6/c1-3-37(29-12-6-4-9-26(29)23-41-2)22-21-36-32(40)25-10-8-19-35-31(24-14-16-27(33)17-15-24)28(34-20-18-25)11-5-7-13-30(38)39;1-2/h4,6,8-10,12,14-18H,3,5,7,11,13,19-23H2,1-2H3,(H,36,40)(H,38,39);1-2H3/b10-8-,25-18+,34-28?,35-31?;. The summed E-state index contributed by atoms with van der Waals surface area (Å²) in [6.45, 7) is 8.90. The van der Waals surface area contributed by atoms with Crippen molar-refractivity contribution in [2.24, 2.45) is 9.98 Å². The van der Waals surface area contributed by atoms with Crippen molar-refractivity contribution in [2.75, 3.05) is 43.9 Å². The average molecular weight is 625 g/mol. The van der Waals surface area contributed by atoms with E-state index >= 15 is 0 Å². The van der Waals surface area contributed by atoms with Gasteiger partial charge >= 0.3 is 5.97 Å². The second-order valence-electron chi connectivity index (χ2n) is 9.54. The molecule has 0 saturated heterocycles. The summed E-state index contributed by atoms with van der Waals surface area (Å²) in [6.07, 6.45) is 9.57. The van der Waals surface area contributed by atoms with Crippen LogP contribution in [0.3, 0.4) is 0 Å². The quantitative estimate of drug-likeness (QED) is 0.216. The third-order valence-electron chi connectivity index (χ3n) is 6.63. The smallest absolute Gasteiger partial charge is 0.303 e. The number of likely N-dealkylation sites (N-methyl/N-ethyl adjacent to an activating group) is 1. The Morgan fingerprint density at radius 2 is 1.79 bits per heavy atom. The summed E-state index contributed by atoms with van der Waals surface area (Å²) in [6, 6.07) is 15.9. The van der Waals surface area contributed by atoms with Crippen molar-refractivity contribution in [3.05, 3.63) is 88.5 Å². The minimum Gasteiger partial charge on any atom is -0.481 e. The van der Waals surface area contributed by atoms with Crippen LogP contribution < -0.4 is 10.2 Å². The molecule has 3 rings (SSSR count). The molecule has 1 aliphatic heterocycles. The highest BCUT2D eigenvalue weighted by Crippen LogP contribution is 2.23. The zero-order chi connectivity index (χ0) is 31.5. The van der Waals surface area contributed by atoms with E-state index in [1.807, 2.05) is 50.3 Å². The van der Waals surface area contributed by atoms with Gasteiger partial charge in [-0.2, -0.15) is 11.8 Å². The first-order valence-electron chi connectivity index (χ1n) is 15.0. The fraction of sp³-hybridized carbons (Fsp3) is 0.412. The number of anilines is 1. The number of para-hydroxylation sites is 1. The van der Waals surface area contributed by atoms with Crippen LogP contribution in [0.15, 0.2) is 82.3 Å². The Labute approximate surface area is 266 Å². The fourth-order valence-corrected chi connectivity index (χ4v) is 5.25. The molecule has 9 heteroatoms. The number of carbonyl (C=O) groups excluding carboxylic acids is 1. The van der Waals surface area contributed by atoms with Crippen molar-refractivity contribution < 1.29 is 14.7 Å². The number of amides is 1. The van der Waals surface area contributed by atoms with Crippen molar-refractivity contribution in [3.8, 4) is 0 Å². The molecule has 1 heterocycles. The number of benzene rings is 2. The summed E-state index contributed by atoms with van der Waals surface area (Å²) in [5.74, 6) is -0.00381. The minimum atomic E-state index is -0.806. The second kappa shape index (κ2) is 20.5. The molecular weight excluding hydrogens is 580 g/mol. The molecule has 7 nitrogen and oxygen atoms in total. The largest absolute Gasteiger partial charge is 0.481 e. The van der Waals surface area contributed by atoms with E-state index in [-0.39, 0.29) is 12.3 Å².